The molecule has 0 atom stereocenters. The minimum absolute atomic E-state index is 0.319. The van der Waals surface area contributed by atoms with Crippen molar-refractivity contribution in [2.45, 2.75) is 0 Å². The molecule has 0 saturated carbocycles. The zero-order valence-electron chi connectivity index (χ0n) is 13.1. The molecule has 0 spiro atoms. The fraction of sp³-hybridized carbons (Fsp3) is 0. The van der Waals surface area contributed by atoms with Crippen LogP contribution >= 0.6 is 0 Å². The summed E-state index contributed by atoms with van der Waals surface area (Å²) in [6, 6.07) is 18.6. The lowest BCUT2D eigenvalue weighted by Gasteiger charge is -2.04. The Morgan fingerprint density at radius 1 is 0.880 bits per heavy atom. The molecule has 5 nitrogen and oxygen atoms in total. The maximum Gasteiger partial charge on any atom is 0.329 e. The molecule has 0 aliphatic carbocycles. The second kappa shape index (κ2) is 7.35. The standard InChI is InChI=1S/C19H14FN3O2/c20-15-8-10-16(11-9-15)22-18(24)19(25)23-21-12-14-6-3-5-13-4-1-2-7-17(13)14/h1-12H,(H,22,24)(H,23,25)/b21-12+. The zero-order valence-corrected chi connectivity index (χ0v) is 13.1. The van der Waals surface area contributed by atoms with Crippen molar-refractivity contribution < 1.29 is 14.0 Å². The Bertz CT molecular complexity index is 947. The molecule has 0 unspecified atom stereocenters. The Hall–Kier alpha value is -3.54. The quantitative estimate of drug-likeness (QED) is 0.439. The van der Waals surface area contributed by atoms with Crippen LogP contribution in [0.5, 0.6) is 0 Å². The van der Waals surface area contributed by atoms with E-state index in [1.54, 1.807) is 0 Å². The van der Waals surface area contributed by atoms with Gasteiger partial charge < -0.3 is 5.32 Å². The minimum Gasteiger partial charge on any atom is -0.318 e. The van der Waals surface area contributed by atoms with Crippen molar-refractivity contribution in [2.24, 2.45) is 5.10 Å². The second-order valence-corrected chi connectivity index (χ2v) is 5.23. The normalized spacial score (nSPS) is 10.8. The van der Waals surface area contributed by atoms with Crippen LogP contribution in [0.3, 0.4) is 0 Å². The van der Waals surface area contributed by atoms with E-state index in [0.717, 1.165) is 16.3 Å². The fourth-order valence-corrected chi connectivity index (χ4v) is 2.30. The van der Waals surface area contributed by atoms with Crippen molar-refractivity contribution >= 4 is 34.5 Å². The lowest BCUT2D eigenvalue weighted by Crippen LogP contribution is -2.32. The van der Waals surface area contributed by atoms with Crippen molar-refractivity contribution in [3.05, 3.63) is 78.1 Å². The first-order valence-electron chi connectivity index (χ1n) is 7.51. The van der Waals surface area contributed by atoms with Crippen LogP contribution < -0.4 is 10.7 Å². The summed E-state index contributed by atoms with van der Waals surface area (Å²) < 4.78 is 12.8. The number of rotatable bonds is 3. The number of carbonyl (C=O) groups excluding carboxylic acids is 2. The van der Waals surface area contributed by atoms with Gasteiger partial charge in [-0.2, -0.15) is 5.10 Å². The topological polar surface area (TPSA) is 70.6 Å². The van der Waals surface area contributed by atoms with Crippen LogP contribution in [0, 0.1) is 5.82 Å². The Morgan fingerprint density at radius 3 is 2.40 bits per heavy atom. The molecular weight excluding hydrogens is 321 g/mol. The van der Waals surface area contributed by atoms with Gasteiger partial charge in [-0.3, -0.25) is 9.59 Å². The average molecular weight is 335 g/mol. The third-order valence-corrected chi connectivity index (χ3v) is 3.50. The monoisotopic (exact) mass is 335 g/mol. The first-order chi connectivity index (χ1) is 12.1. The predicted molar refractivity (Wildman–Crippen MR) is 94.7 cm³/mol. The first-order valence-corrected chi connectivity index (χ1v) is 7.51. The van der Waals surface area contributed by atoms with E-state index in [1.165, 1.54) is 30.5 Å². The fourth-order valence-electron chi connectivity index (χ4n) is 2.30. The highest BCUT2D eigenvalue weighted by Crippen LogP contribution is 2.16. The highest BCUT2D eigenvalue weighted by Gasteiger charge is 2.12. The summed E-state index contributed by atoms with van der Waals surface area (Å²) in [4.78, 5) is 23.5. The Labute approximate surface area is 143 Å². The molecule has 0 heterocycles. The molecule has 2 N–H and O–H groups in total. The summed E-state index contributed by atoms with van der Waals surface area (Å²) in [7, 11) is 0. The van der Waals surface area contributed by atoms with Crippen LogP contribution in [0.1, 0.15) is 5.56 Å². The van der Waals surface area contributed by atoms with Gasteiger partial charge in [0.05, 0.1) is 6.21 Å². The lowest BCUT2D eigenvalue weighted by molar-refractivity contribution is -0.136. The molecule has 3 aromatic rings. The largest absolute Gasteiger partial charge is 0.329 e. The molecule has 6 heteroatoms. The average Bonchev–Trinajstić information content (AvgIpc) is 2.63. The van der Waals surface area contributed by atoms with E-state index in [1.807, 2.05) is 42.5 Å². The van der Waals surface area contributed by atoms with Gasteiger partial charge in [0.1, 0.15) is 5.82 Å². The molecule has 0 saturated heterocycles. The predicted octanol–water partition coefficient (Wildman–Crippen LogP) is 3.07. The van der Waals surface area contributed by atoms with E-state index < -0.39 is 17.6 Å². The summed E-state index contributed by atoms with van der Waals surface area (Å²) in [5, 5.41) is 8.21. The number of carbonyl (C=O) groups is 2. The molecule has 0 aliphatic heterocycles. The Morgan fingerprint density at radius 2 is 1.60 bits per heavy atom. The van der Waals surface area contributed by atoms with E-state index in [0.29, 0.717) is 5.69 Å². The van der Waals surface area contributed by atoms with Gasteiger partial charge in [-0.05, 0) is 35.0 Å². The molecular formula is C19H14FN3O2. The van der Waals surface area contributed by atoms with Gasteiger partial charge in [0.15, 0.2) is 0 Å². The van der Waals surface area contributed by atoms with E-state index in [-0.39, 0.29) is 0 Å². The van der Waals surface area contributed by atoms with Gasteiger partial charge in [-0.15, -0.1) is 0 Å². The van der Waals surface area contributed by atoms with Gasteiger partial charge in [-0.1, -0.05) is 42.5 Å². The van der Waals surface area contributed by atoms with Gasteiger partial charge in [0, 0.05) is 11.3 Å². The van der Waals surface area contributed by atoms with Crippen molar-refractivity contribution in [3.8, 4) is 0 Å². The maximum absolute atomic E-state index is 12.8. The molecule has 0 bridgehead atoms. The highest BCUT2D eigenvalue weighted by molar-refractivity contribution is 6.39. The molecule has 0 radical (unpaired) electrons. The molecule has 124 valence electrons. The first kappa shape index (κ1) is 16.3. The number of amides is 2. The van der Waals surface area contributed by atoms with Crippen molar-refractivity contribution in [3.63, 3.8) is 0 Å². The lowest BCUT2D eigenvalue weighted by atomic mass is 10.1. The number of halogens is 1. The van der Waals surface area contributed by atoms with Crippen molar-refractivity contribution in [1.82, 2.24) is 5.43 Å². The third kappa shape index (κ3) is 4.06. The molecule has 3 rings (SSSR count). The molecule has 0 aliphatic rings. The van der Waals surface area contributed by atoms with Gasteiger partial charge >= 0.3 is 11.8 Å². The van der Waals surface area contributed by atoms with Crippen LogP contribution in [-0.4, -0.2) is 18.0 Å². The number of hydrogen-bond donors (Lipinski definition) is 2. The zero-order chi connectivity index (χ0) is 17.6. The minimum atomic E-state index is -0.916. The summed E-state index contributed by atoms with van der Waals surface area (Å²) in [5.74, 6) is -2.23. The Kier molecular flexibility index (Phi) is 4.80. The number of hydrazone groups is 1. The third-order valence-electron chi connectivity index (χ3n) is 3.50. The highest BCUT2D eigenvalue weighted by atomic mass is 19.1. The van der Waals surface area contributed by atoms with Crippen LogP contribution in [0.15, 0.2) is 71.8 Å². The van der Waals surface area contributed by atoms with Crippen LogP contribution in [0.4, 0.5) is 10.1 Å². The summed E-state index contributed by atoms with van der Waals surface area (Å²) in [6.45, 7) is 0. The van der Waals surface area contributed by atoms with E-state index in [9.17, 15) is 14.0 Å². The SMILES string of the molecule is O=C(N/N=C/c1cccc2ccccc12)C(=O)Nc1ccc(F)cc1. The molecule has 0 aromatic heterocycles. The number of benzene rings is 3. The number of nitrogens with zero attached hydrogens (tertiary/aromatic N) is 1. The van der Waals surface area contributed by atoms with E-state index in [4.69, 9.17) is 0 Å². The van der Waals surface area contributed by atoms with Crippen LogP contribution in [0.25, 0.3) is 10.8 Å². The van der Waals surface area contributed by atoms with Crippen molar-refractivity contribution in [1.29, 1.82) is 0 Å². The van der Waals surface area contributed by atoms with E-state index in [2.05, 4.69) is 15.8 Å². The molecule has 2 amide bonds. The Balaban J connectivity index is 1.64. The van der Waals surface area contributed by atoms with Crippen LogP contribution in [0.2, 0.25) is 0 Å². The van der Waals surface area contributed by atoms with E-state index >= 15 is 0 Å². The maximum atomic E-state index is 12.8. The summed E-state index contributed by atoms with van der Waals surface area (Å²) >= 11 is 0. The molecule has 25 heavy (non-hydrogen) atoms. The molecule has 0 fully saturated rings. The second-order valence-electron chi connectivity index (χ2n) is 5.23. The van der Waals surface area contributed by atoms with Gasteiger partial charge in [0.25, 0.3) is 0 Å². The van der Waals surface area contributed by atoms with Crippen LogP contribution in [-0.2, 0) is 9.59 Å². The molecule has 3 aromatic carbocycles. The van der Waals surface area contributed by atoms with Gasteiger partial charge in [0.2, 0.25) is 0 Å². The smallest absolute Gasteiger partial charge is 0.318 e. The van der Waals surface area contributed by atoms with Crippen molar-refractivity contribution in [2.75, 3.05) is 5.32 Å². The number of fused-ring (bicyclic) bond motifs is 1. The number of nitrogens with one attached hydrogen (secondary N) is 2. The number of anilines is 1. The summed E-state index contributed by atoms with van der Waals surface area (Å²) in [6.07, 6.45) is 1.48. The number of hydrogen-bond acceptors (Lipinski definition) is 3. The summed E-state index contributed by atoms with van der Waals surface area (Å²) in [5.41, 5.74) is 3.31. The van der Waals surface area contributed by atoms with Gasteiger partial charge in [-0.25, -0.2) is 9.82 Å².